The Morgan fingerprint density at radius 1 is 0.941 bits per heavy atom. The summed E-state index contributed by atoms with van der Waals surface area (Å²) in [6, 6.07) is 15.9. The van der Waals surface area contributed by atoms with Crippen LogP contribution in [0.5, 0.6) is 5.75 Å². The van der Waals surface area contributed by atoms with Gasteiger partial charge < -0.3 is 15.0 Å². The summed E-state index contributed by atoms with van der Waals surface area (Å²) < 4.78 is 5.27. The summed E-state index contributed by atoms with van der Waals surface area (Å²) in [4.78, 5) is 28.6. The van der Waals surface area contributed by atoms with E-state index < -0.39 is 6.04 Å². The van der Waals surface area contributed by atoms with Gasteiger partial charge in [0.1, 0.15) is 11.8 Å². The van der Waals surface area contributed by atoms with Crippen molar-refractivity contribution < 1.29 is 14.3 Å². The van der Waals surface area contributed by atoms with Gasteiger partial charge in [-0.1, -0.05) is 69.5 Å². The van der Waals surface area contributed by atoms with Crippen molar-refractivity contribution in [3.8, 4) is 5.75 Å². The van der Waals surface area contributed by atoms with E-state index in [2.05, 4.69) is 36.5 Å². The minimum atomic E-state index is -0.473. The Labute approximate surface area is 204 Å². The van der Waals surface area contributed by atoms with E-state index in [-0.39, 0.29) is 17.9 Å². The number of nitrogens with one attached hydrogen (secondary N) is 1. The summed E-state index contributed by atoms with van der Waals surface area (Å²) in [7, 11) is 1.64. The lowest BCUT2D eigenvalue weighted by molar-refractivity contribution is -0.141. The molecule has 0 spiro atoms. The van der Waals surface area contributed by atoms with E-state index in [0.29, 0.717) is 25.8 Å². The molecule has 5 nitrogen and oxygen atoms in total. The first-order chi connectivity index (χ1) is 16.5. The van der Waals surface area contributed by atoms with Crippen LogP contribution in [-0.2, 0) is 29.0 Å². The third-order valence-corrected chi connectivity index (χ3v) is 6.91. The lowest BCUT2D eigenvalue weighted by atomic mass is 9.95. The summed E-state index contributed by atoms with van der Waals surface area (Å²) >= 11 is 0. The highest BCUT2D eigenvalue weighted by molar-refractivity contribution is 5.88. The van der Waals surface area contributed by atoms with E-state index >= 15 is 0 Å². The van der Waals surface area contributed by atoms with E-state index in [4.69, 9.17) is 4.74 Å². The molecule has 1 atom stereocenters. The molecule has 0 saturated heterocycles. The zero-order valence-corrected chi connectivity index (χ0v) is 21.0. The molecule has 0 bridgehead atoms. The highest BCUT2D eigenvalue weighted by atomic mass is 16.5. The molecule has 1 aliphatic rings. The number of hydrogen-bond donors (Lipinski definition) is 1. The third kappa shape index (κ3) is 7.34. The zero-order valence-electron chi connectivity index (χ0n) is 21.0. The lowest BCUT2D eigenvalue weighted by Gasteiger charge is -2.33. The number of nitrogens with zero attached hydrogens (tertiary/aromatic N) is 1. The maximum absolute atomic E-state index is 13.5. The average Bonchev–Trinajstić information content (AvgIpc) is 2.88. The first kappa shape index (κ1) is 25.8. The normalized spacial score (nSPS) is 14.9. The number of hydrogen-bond acceptors (Lipinski definition) is 3. The van der Waals surface area contributed by atoms with Crippen LogP contribution in [0.3, 0.4) is 0 Å². The van der Waals surface area contributed by atoms with Crippen molar-refractivity contribution in [2.75, 3.05) is 7.11 Å². The fraction of sp³-hybridized carbons (Fsp3) is 0.517. The fourth-order valence-electron chi connectivity index (χ4n) is 4.73. The topological polar surface area (TPSA) is 58.6 Å². The van der Waals surface area contributed by atoms with Gasteiger partial charge in [-0.2, -0.15) is 0 Å². The number of aryl methyl sites for hydroxylation is 2. The second-order valence-corrected chi connectivity index (χ2v) is 9.31. The first-order valence-electron chi connectivity index (χ1n) is 12.8. The molecule has 0 radical (unpaired) electrons. The number of carbonyl (C=O) groups is 2. The highest BCUT2D eigenvalue weighted by Crippen LogP contribution is 2.20. The molecule has 0 unspecified atom stereocenters. The van der Waals surface area contributed by atoms with Crippen LogP contribution in [0.15, 0.2) is 48.5 Å². The van der Waals surface area contributed by atoms with Crippen LogP contribution in [0.2, 0.25) is 0 Å². The molecular formula is C29H40N2O3. The maximum Gasteiger partial charge on any atom is 0.243 e. The van der Waals surface area contributed by atoms with Gasteiger partial charge in [0.15, 0.2) is 0 Å². The van der Waals surface area contributed by atoms with Crippen LogP contribution >= 0.6 is 0 Å². The van der Waals surface area contributed by atoms with Crippen molar-refractivity contribution in [2.45, 2.75) is 90.3 Å². The van der Waals surface area contributed by atoms with Gasteiger partial charge in [-0.05, 0) is 60.9 Å². The largest absolute Gasteiger partial charge is 0.497 e. The van der Waals surface area contributed by atoms with Gasteiger partial charge in [-0.3, -0.25) is 9.59 Å². The molecule has 0 aliphatic heterocycles. The number of ether oxygens (including phenoxy) is 1. The predicted molar refractivity (Wildman–Crippen MR) is 137 cm³/mol. The molecule has 1 fully saturated rings. The molecule has 1 N–H and O–H groups in total. The second kappa shape index (κ2) is 13.2. The molecule has 0 heterocycles. The highest BCUT2D eigenvalue weighted by Gasteiger charge is 2.30. The maximum atomic E-state index is 13.5. The summed E-state index contributed by atoms with van der Waals surface area (Å²) in [5.41, 5.74) is 3.43. The predicted octanol–water partition coefficient (Wildman–Crippen LogP) is 5.45. The summed E-state index contributed by atoms with van der Waals surface area (Å²) in [5.74, 6) is 0.767. The molecule has 5 heteroatoms. The number of rotatable bonds is 11. The van der Waals surface area contributed by atoms with Crippen molar-refractivity contribution in [1.29, 1.82) is 0 Å². The third-order valence-electron chi connectivity index (χ3n) is 6.91. The molecule has 184 valence electrons. The van der Waals surface area contributed by atoms with Gasteiger partial charge in [0.2, 0.25) is 11.8 Å². The Kier molecular flexibility index (Phi) is 9.99. The second-order valence-electron chi connectivity index (χ2n) is 9.31. The van der Waals surface area contributed by atoms with E-state index in [0.717, 1.165) is 49.0 Å². The van der Waals surface area contributed by atoms with Gasteiger partial charge >= 0.3 is 0 Å². The Morgan fingerprint density at radius 3 is 2.15 bits per heavy atom. The molecule has 1 saturated carbocycles. The Morgan fingerprint density at radius 2 is 1.56 bits per heavy atom. The van der Waals surface area contributed by atoms with Crippen molar-refractivity contribution in [3.05, 3.63) is 65.2 Å². The van der Waals surface area contributed by atoms with Crippen LogP contribution in [0.25, 0.3) is 0 Å². The minimum absolute atomic E-state index is 0.0148. The number of amides is 2. The summed E-state index contributed by atoms with van der Waals surface area (Å²) in [6.07, 6.45) is 8.27. The van der Waals surface area contributed by atoms with Gasteiger partial charge in [0.05, 0.1) is 7.11 Å². The summed E-state index contributed by atoms with van der Waals surface area (Å²) in [5, 5.41) is 3.24. The number of benzene rings is 2. The first-order valence-corrected chi connectivity index (χ1v) is 12.8. The number of carbonyl (C=O) groups excluding carboxylic acids is 2. The van der Waals surface area contributed by atoms with Gasteiger partial charge in [0.25, 0.3) is 0 Å². The van der Waals surface area contributed by atoms with Gasteiger partial charge in [-0.15, -0.1) is 0 Å². The molecule has 2 aromatic rings. The van der Waals surface area contributed by atoms with Crippen LogP contribution in [-0.4, -0.2) is 35.9 Å². The zero-order chi connectivity index (χ0) is 24.3. The lowest BCUT2D eigenvalue weighted by Crippen LogP contribution is -2.51. The molecule has 2 amide bonds. The Bertz CT molecular complexity index is 902. The average molecular weight is 465 g/mol. The van der Waals surface area contributed by atoms with Crippen LogP contribution in [0, 0.1) is 0 Å². The van der Waals surface area contributed by atoms with Crippen molar-refractivity contribution >= 4 is 11.8 Å². The van der Waals surface area contributed by atoms with Crippen molar-refractivity contribution in [1.82, 2.24) is 10.2 Å². The van der Waals surface area contributed by atoms with E-state index in [9.17, 15) is 9.59 Å². The molecule has 34 heavy (non-hydrogen) atoms. The van der Waals surface area contributed by atoms with Crippen LogP contribution < -0.4 is 10.1 Å². The van der Waals surface area contributed by atoms with Crippen LogP contribution in [0.1, 0.15) is 75.5 Å². The van der Waals surface area contributed by atoms with Crippen LogP contribution in [0.4, 0.5) is 0 Å². The van der Waals surface area contributed by atoms with E-state index in [1.165, 1.54) is 12.0 Å². The molecule has 1 aliphatic carbocycles. The Balaban J connectivity index is 1.73. The van der Waals surface area contributed by atoms with E-state index in [1.807, 2.05) is 31.2 Å². The smallest absolute Gasteiger partial charge is 0.243 e. The van der Waals surface area contributed by atoms with Gasteiger partial charge in [-0.25, -0.2) is 0 Å². The quantitative estimate of drug-likeness (QED) is 0.481. The standard InChI is InChI=1S/C29H40N2O3/c1-4-22-11-13-23(14-12-22)17-20-28(32)31(21-24-15-18-26(34-3)19-16-24)27(5-2)29(33)30-25-9-7-6-8-10-25/h11-16,18-19,25,27H,4-10,17,20-21H2,1-3H3,(H,30,33)/t27-/m0/s1. The molecule has 2 aromatic carbocycles. The number of methoxy groups -OCH3 is 1. The minimum Gasteiger partial charge on any atom is -0.497 e. The van der Waals surface area contributed by atoms with Crippen molar-refractivity contribution in [2.24, 2.45) is 0 Å². The molecular weight excluding hydrogens is 424 g/mol. The SMILES string of the molecule is CCc1ccc(CCC(=O)N(Cc2ccc(OC)cc2)[C@@H](CC)C(=O)NC2CCCCC2)cc1. The summed E-state index contributed by atoms with van der Waals surface area (Å²) in [6.45, 7) is 4.54. The Hall–Kier alpha value is -2.82. The van der Waals surface area contributed by atoms with E-state index in [1.54, 1.807) is 12.0 Å². The molecule has 3 rings (SSSR count). The monoisotopic (exact) mass is 464 g/mol. The fourth-order valence-corrected chi connectivity index (χ4v) is 4.73. The van der Waals surface area contributed by atoms with Crippen molar-refractivity contribution in [3.63, 3.8) is 0 Å². The van der Waals surface area contributed by atoms with Gasteiger partial charge in [0, 0.05) is 19.0 Å². The molecule has 0 aromatic heterocycles.